The Bertz CT molecular complexity index is 1000. The number of hydrogen-bond donors (Lipinski definition) is 1. The molecule has 1 aromatic carbocycles. The van der Waals surface area contributed by atoms with Crippen LogP contribution in [-0.2, 0) is 15.0 Å². The molecular formula is C22H24N4O2S. The highest BCUT2D eigenvalue weighted by Gasteiger charge is 2.42. The summed E-state index contributed by atoms with van der Waals surface area (Å²) in [4.78, 5) is 33.0. The van der Waals surface area contributed by atoms with Crippen LogP contribution in [0.5, 0.6) is 0 Å². The van der Waals surface area contributed by atoms with Gasteiger partial charge in [-0.25, -0.2) is 4.98 Å². The Kier molecular flexibility index (Phi) is 4.62. The molecule has 2 aliphatic heterocycles. The summed E-state index contributed by atoms with van der Waals surface area (Å²) in [6.45, 7) is 1.96. The van der Waals surface area contributed by atoms with Gasteiger partial charge in [0, 0.05) is 42.8 Å². The highest BCUT2D eigenvalue weighted by atomic mass is 32.1. The van der Waals surface area contributed by atoms with Crippen LogP contribution in [0.4, 0.5) is 0 Å². The summed E-state index contributed by atoms with van der Waals surface area (Å²) in [6.07, 6.45) is 7.31. The molecule has 5 rings (SSSR count). The van der Waals surface area contributed by atoms with Crippen LogP contribution < -0.4 is 5.32 Å². The lowest BCUT2D eigenvalue weighted by atomic mass is 9.70. The van der Waals surface area contributed by atoms with Crippen LogP contribution in [0, 0.1) is 5.92 Å². The van der Waals surface area contributed by atoms with Gasteiger partial charge in [0.15, 0.2) is 4.96 Å². The van der Waals surface area contributed by atoms with Crippen LogP contribution in [0.2, 0.25) is 0 Å². The lowest BCUT2D eigenvalue weighted by Crippen LogP contribution is -2.51. The molecule has 2 aliphatic rings. The number of aromatic nitrogens is 2. The number of nitrogens with one attached hydrogen (secondary N) is 1. The van der Waals surface area contributed by atoms with Crippen molar-refractivity contribution in [2.45, 2.75) is 31.1 Å². The number of fused-ring (bicyclic) bond motifs is 1. The topological polar surface area (TPSA) is 66.7 Å². The second kappa shape index (κ2) is 7.30. The average molecular weight is 409 g/mol. The third kappa shape index (κ3) is 3.13. The van der Waals surface area contributed by atoms with Gasteiger partial charge < -0.3 is 10.2 Å². The van der Waals surface area contributed by atoms with Crippen LogP contribution in [0.25, 0.3) is 4.96 Å². The van der Waals surface area contributed by atoms with E-state index in [1.165, 1.54) is 5.56 Å². The Labute approximate surface area is 173 Å². The zero-order valence-electron chi connectivity index (χ0n) is 16.2. The molecule has 0 aliphatic carbocycles. The molecule has 7 heteroatoms. The second-order valence-corrected chi connectivity index (χ2v) is 8.85. The van der Waals surface area contributed by atoms with Crippen LogP contribution in [0.15, 0.2) is 48.1 Å². The fraction of sp³-hybridized carbons (Fsp3) is 0.409. The molecule has 3 aromatic rings. The standard InChI is InChI=1S/C22H24N4O2S/c27-19-17(7-4-10-23-19)20(28)25-11-8-22(9-12-25,16-5-2-1-3-6-16)18-15-26-13-14-29-21(26)24-18/h1-3,5-6,13-15,17H,4,7-12H2,(H,23,27). The summed E-state index contributed by atoms with van der Waals surface area (Å²) in [5.74, 6) is -0.656. The molecule has 2 saturated heterocycles. The first kappa shape index (κ1) is 18.4. The molecule has 0 bridgehead atoms. The number of imidazole rings is 1. The van der Waals surface area contributed by atoms with Gasteiger partial charge in [-0.15, -0.1) is 11.3 Å². The quantitative estimate of drug-likeness (QED) is 0.678. The Balaban J connectivity index is 1.43. The lowest BCUT2D eigenvalue weighted by Gasteiger charge is -2.42. The van der Waals surface area contributed by atoms with Crippen LogP contribution in [-0.4, -0.2) is 45.7 Å². The minimum atomic E-state index is -0.522. The molecule has 0 saturated carbocycles. The smallest absolute Gasteiger partial charge is 0.235 e. The number of likely N-dealkylation sites (tertiary alicyclic amines) is 1. The number of thiazole rings is 1. The van der Waals surface area contributed by atoms with Crippen molar-refractivity contribution in [1.29, 1.82) is 0 Å². The van der Waals surface area contributed by atoms with E-state index >= 15 is 0 Å². The molecule has 1 unspecified atom stereocenters. The summed E-state index contributed by atoms with van der Waals surface area (Å²) in [7, 11) is 0. The highest BCUT2D eigenvalue weighted by Crippen LogP contribution is 2.42. The highest BCUT2D eigenvalue weighted by molar-refractivity contribution is 7.15. The van der Waals surface area contributed by atoms with Crippen molar-refractivity contribution in [1.82, 2.24) is 19.6 Å². The maximum atomic E-state index is 13.0. The summed E-state index contributed by atoms with van der Waals surface area (Å²) >= 11 is 1.63. The lowest BCUT2D eigenvalue weighted by molar-refractivity contribution is -0.144. The number of benzene rings is 1. The van der Waals surface area contributed by atoms with E-state index in [0.717, 1.165) is 29.9 Å². The fourth-order valence-corrected chi connectivity index (χ4v) is 5.44. The molecule has 4 heterocycles. The number of hydrogen-bond acceptors (Lipinski definition) is 4. The van der Waals surface area contributed by atoms with Crippen molar-refractivity contribution >= 4 is 28.1 Å². The Morgan fingerprint density at radius 2 is 2.00 bits per heavy atom. The third-order valence-corrected chi connectivity index (χ3v) is 7.19. The van der Waals surface area contributed by atoms with Crippen LogP contribution in [0.1, 0.15) is 36.9 Å². The normalized spacial score (nSPS) is 21.9. The van der Waals surface area contributed by atoms with Gasteiger partial charge in [-0.05, 0) is 31.2 Å². The maximum Gasteiger partial charge on any atom is 0.235 e. The van der Waals surface area contributed by atoms with E-state index in [1.54, 1.807) is 11.3 Å². The minimum absolute atomic E-state index is 0.0188. The molecule has 2 amide bonds. The van der Waals surface area contributed by atoms with Gasteiger partial charge in [0.25, 0.3) is 0 Å². The van der Waals surface area contributed by atoms with E-state index in [-0.39, 0.29) is 17.2 Å². The summed E-state index contributed by atoms with van der Waals surface area (Å²) < 4.78 is 2.08. The Hall–Kier alpha value is -2.67. The molecule has 1 atom stereocenters. The molecule has 29 heavy (non-hydrogen) atoms. The number of amides is 2. The molecule has 150 valence electrons. The van der Waals surface area contributed by atoms with Gasteiger partial charge in [0.05, 0.1) is 5.69 Å². The maximum absolute atomic E-state index is 13.0. The SMILES string of the molecule is O=C1NCCCC1C(=O)N1CCC(c2ccccc2)(c2cn3ccsc3n2)CC1. The Morgan fingerprint density at radius 3 is 2.72 bits per heavy atom. The van der Waals surface area contributed by atoms with E-state index in [1.807, 2.05) is 22.5 Å². The van der Waals surface area contributed by atoms with E-state index in [0.29, 0.717) is 26.1 Å². The number of nitrogens with zero attached hydrogens (tertiary/aromatic N) is 3. The first-order valence-electron chi connectivity index (χ1n) is 10.2. The van der Waals surface area contributed by atoms with Gasteiger partial charge in [0.2, 0.25) is 11.8 Å². The molecule has 0 spiro atoms. The molecule has 6 nitrogen and oxygen atoms in total. The monoisotopic (exact) mass is 408 g/mol. The van der Waals surface area contributed by atoms with Crippen molar-refractivity contribution in [3.05, 3.63) is 59.4 Å². The van der Waals surface area contributed by atoms with Crippen LogP contribution in [0.3, 0.4) is 0 Å². The molecule has 2 fully saturated rings. The first-order valence-corrected chi connectivity index (χ1v) is 11.1. The van der Waals surface area contributed by atoms with Gasteiger partial charge >= 0.3 is 0 Å². The number of carbonyl (C=O) groups is 2. The number of rotatable bonds is 3. The number of carbonyl (C=O) groups excluding carboxylic acids is 2. The largest absolute Gasteiger partial charge is 0.355 e. The van der Waals surface area contributed by atoms with E-state index in [2.05, 4.69) is 40.2 Å². The zero-order valence-corrected chi connectivity index (χ0v) is 17.0. The van der Waals surface area contributed by atoms with Gasteiger partial charge in [-0.2, -0.15) is 0 Å². The number of piperidine rings is 2. The van der Waals surface area contributed by atoms with Gasteiger partial charge in [0.1, 0.15) is 5.92 Å². The minimum Gasteiger partial charge on any atom is -0.355 e. The molecular weight excluding hydrogens is 384 g/mol. The van der Waals surface area contributed by atoms with E-state index < -0.39 is 5.92 Å². The second-order valence-electron chi connectivity index (χ2n) is 7.98. The fourth-order valence-electron chi connectivity index (χ4n) is 4.74. The third-order valence-electron chi connectivity index (χ3n) is 6.42. The average Bonchev–Trinajstić information content (AvgIpc) is 3.37. The van der Waals surface area contributed by atoms with Crippen molar-refractivity contribution in [2.75, 3.05) is 19.6 Å². The van der Waals surface area contributed by atoms with E-state index in [4.69, 9.17) is 4.98 Å². The molecule has 1 N–H and O–H groups in total. The predicted octanol–water partition coefficient (Wildman–Crippen LogP) is 2.83. The summed E-state index contributed by atoms with van der Waals surface area (Å²) in [6, 6.07) is 10.5. The van der Waals surface area contributed by atoms with Crippen molar-refractivity contribution < 1.29 is 9.59 Å². The molecule has 0 radical (unpaired) electrons. The summed E-state index contributed by atoms with van der Waals surface area (Å²) in [5.41, 5.74) is 2.10. The van der Waals surface area contributed by atoms with E-state index in [9.17, 15) is 9.59 Å². The van der Waals surface area contributed by atoms with Crippen LogP contribution >= 0.6 is 11.3 Å². The van der Waals surface area contributed by atoms with Crippen molar-refractivity contribution in [2.24, 2.45) is 5.92 Å². The van der Waals surface area contributed by atoms with Crippen molar-refractivity contribution in [3.8, 4) is 0 Å². The van der Waals surface area contributed by atoms with Gasteiger partial charge in [-0.3, -0.25) is 14.0 Å². The zero-order chi connectivity index (χ0) is 19.8. The summed E-state index contributed by atoms with van der Waals surface area (Å²) in [5, 5.41) is 4.87. The molecule has 2 aromatic heterocycles. The predicted molar refractivity (Wildman–Crippen MR) is 112 cm³/mol. The first-order chi connectivity index (χ1) is 14.2. The Morgan fingerprint density at radius 1 is 1.21 bits per heavy atom. The van der Waals surface area contributed by atoms with Gasteiger partial charge in [-0.1, -0.05) is 30.3 Å². The van der Waals surface area contributed by atoms with Crippen molar-refractivity contribution in [3.63, 3.8) is 0 Å².